The Morgan fingerprint density at radius 3 is 2.22 bits per heavy atom. The first kappa shape index (κ1) is 32.7. The minimum atomic E-state index is -0.670. The molecule has 2 aliphatic heterocycles. The number of H-pyrrole nitrogens is 2. The molecule has 0 unspecified atom stereocenters. The van der Waals surface area contributed by atoms with Gasteiger partial charge in [-0.1, -0.05) is 62.4 Å². The zero-order valence-electron chi connectivity index (χ0n) is 29.1. The molecule has 1 saturated carbocycles. The van der Waals surface area contributed by atoms with E-state index in [2.05, 4.69) is 91.1 Å². The molecule has 4 atom stereocenters. The molecule has 11 heteroatoms. The van der Waals surface area contributed by atoms with Crippen molar-refractivity contribution >= 4 is 22.8 Å². The molecule has 2 saturated heterocycles. The van der Waals surface area contributed by atoms with Crippen LogP contribution in [0.2, 0.25) is 0 Å². The smallest absolute Gasteiger partial charge is 0.407 e. The number of imidazole rings is 2. The van der Waals surface area contributed by atoms with Crippen molar-refractivity contribution in [1.29, 1.82) is 0 Å². The van der Waals surface area contributed by atoms with Crippen molar-refractivity contribution < 1.29 is 14.3 Å². The molecule has 4 heterocycles. The van der Waals surface area contributed by atoms with Crippen LogP contribution in [0.5, 0.6) is 0 Å². The molecule has 4 N–H and O–H groups in total. The van der Waals surface area contributed by atoms with E-state index in [1.54, 1.807) is 0 Å². The van der Waals surface area contributed by atoms with Crippen LogP contribution in [0.1, 0.15) is 63.3 Å². The highest BCUT2D eigenvalue weighted by Crippen LogP contribution is 2.58. The average Bonchev–Trinajstić information content (AvgIpc) is 3.68. The molecule has 51 heavy (non-hydrogen) atoms. The maximum atomic E-state index is 13.8. The molecule has 8 rings (SSSR count). The summed E-state index contributed by atoms with van der Waals surface area (Å²) >= 11 is 0. The quantitative estimate of drug-likeness (QED) is 0.130. The predicted octanol–water partition coefficient (Wildman–Crippen LogP) is 7.04. The van der Waals surface area contributed by atoms with Gasteiger partial charge in [0.25, 0.3) is 0 Å². The van der Waals surface area contributed by atoms with Crippen LogP contribution in [0, 0.1) is 17.9 Å². The lowest BCUT2D eigenvalue weighted by Gasteiger charge is -2.30. The van der Waals surface area contributed by atoms with Gasteiger partial charge in [-0.25, -0.2) is 21.3 Å². The molecule has 1 spiro atoms. The van der Waals surface area contributed by atoms with Crippen molar-refractivity contribution in [3.8, 4) is 33.6 Å². The van der Waals surface area contributed by atoms with Crippen LogP contribution in [0.3, 0.4) is 0 Å². The number of rotatable bonds is 8. The molecule has 3 fully saturated rings. The largest absolute Gasteiger partial charge is 0.453 e. The van der Waals surface area contributed by atoms with Crippen LogP contribution >= 0.6 is 0 Å². The summed E-state index contributed by atoms with van der Waals surface area (Å²) in [5.74, 6) is 1.47. The molecule has 260 valence electrons. The van der Waals surface area contributed by atoms with E-state index in [-0.39, 0.29) is 35.4 Å². The van der Waals surface area contributed by atoms with Crippen molar-refractivity contribution in [3.05, 3.63) is 96.1 Å². The van der Waals surface area contributed by atoms with Gasteiger partial charge in [0.15, 0.2) is 0 Å². The molecule has 0 bridgehead atoms. The fraction of sp³-hybridized carbons (Fsp3) is 0.375. The maximum Gasteiger partial charge on any atom is 0.407 e. The van der Waals surface area contributed by atoms with Crippen molar-refractivity contribution in [2.75, 3.05) is 20.2 Å². The fourth-order valence-corrected chi connectivity index (χ4v) is 7.72. The van der Waals surface area contributed by atoms with Gasteiger partial charge in [0.1, 0.15) is 17.7 Å². The van der Waals surface area contributed by atoms with Gasteiger partial charge >= 0.3 is 6.09 Å². The molecule has 5 aromatic rings. The van der Waals surface area contributed by atoms with E-state index in [9.17, 15) is 9.59 Å². The van der Waals surface area contributed by atoms with Gasteiger partial charge in [-0.05, 0) is 70.2 Å². The standard InChI is InChI=1S/C40H42N8O3/c1-23(2)35(47-39(50)51-4)38(49)48-22-40(13-14-40)18-34(48)37-44-21-33(46-37)29-12-11-27-15-26(9-10-28(27)16-29)24-5-7-25(8-6-24)32-20-43-36(45-32)31-17-30(41-3)19-42-31/h5-12,15-16,20-21,23,30-31,34-35,42H,13-14,17-19,22H2,1-2,4H3,(H,43,45)(H,44,46)(H,47,50)/t30-,31-,34-,35-/m0/s1. The number of aromatic nitrogens is 4. The summed E-state index contributed by atoms with van der Waals surface area (Å²) in [6.07, 6.45) is 6.97. The van der Waals surface area contributed by atoms with Crippen molar-refractivity contribution in [3.63, 3.8) is 0 Å². The Balaban J connectivity index is 0.980. The Hall–Kier alpha value is -5.47. The number of alkyl carbamates (subject to hydrolysis) is 1. The number of benzene rings is 3. The van der Waals surface area contributed by atoms with Crippen LogP contribution in [-0.2, 0) is 9.53 Å². The van der Waals surface area contributed by atoms with Gasteiger partial charge in [-0.15, -0.1) is 0 Å². The monoisotopic (exact) mass is 682 g/mol. The van der Waals surface area contributed by atoms with Crippen molar-refractivity contribution in [1.82, 2.24) is 35.5 Å². The Morgan fingerprint density at radius 2 is 1.55 bits per heavy atom. The summed E-state index contributed by atoms with van der Waals surface area (Å²) in [7, 11) is 1.31. The fourth-order valence-electron chi connectivity index (χ4n) is 7.72. The summed E-state index contributed by atoms with van der Waals surface area (Å²) in [5.41, 5.74) is 6.37. The number of nitrogens with zero attached hydrogens (tertiary/aromatic N) is 4. The normalized spacial score (nSPS) is 21.2. The van der Waals surface area contributed by atoms with E-state index in [0.29, 0.717) is 13.1 Å². The number of fused-ring (bicyclic) bond motifs is 1. The Morgan fingerprint density at radius 1 is 0.922 bits per heavy atom. The second kappa shape index (κ2) is 13.0. The van der Waals surface area contributed by atoms with E-state index in [1.807, 2.05) is 31.1 Å². The molecule has 2 amide bonds. The van der Waals surface area contributed by atoms with Gasteiger partial charge < -0.3 is 29.8 Å². The minimum absolute atomic E-state index is 0.0130. The molecular weight excluding hydrogens is 640 g/mol. The zero-order chi connectivity index (χ0) is 35.3. The number of aromatic amines is 2. The second-order valence-electron chi connectivity index (χ2n) is 14.7. The summed E-state index contributed by atoms with van der Waals surface area (Å²) < 4.78 is 4.81. The van der Waals surface area contributed by atoms with Gasteiger partial charge in [-0.3, -0.25) is 10.1 Å². The van der Waals surface area contributed by atoms with Gasteiger partial charge in [-0.2, -0.15) is 0 Å². The topological polar surface area (TPSA) is 132 Å². The maximum absolute atomic E-state index is 13.8. The third kappa shape index (κ3) is 6.36. The van der Waals surface area contributed by atoms with Gasteiger partial charge in [0, 0.05) is 18.5 Å². The van der Waals surface area contributed by atoms with Crippen LogP contribution in [0.15, 0.2) is 73.1 Å². The Labute approximate surface area is 297 Å². The number of nitrogens with one attached hydrogen (secondary N) is 4. The molecule has 3 aliphatic rings. The lowest BCUT2D eigenvalue weighted by atomic mass is 9.98. The number of hydrogen-bond acceptors (Lipinski definition) is 6. The number of ether oxygens (including phenoxy) is 1. The highest BCUT2D eigenvalue weighted by Gasteiger charge is 2.55. The van der Waals surface area contributed by atoms with E-state index >= 15 is 0 Å². The van der Waals surface area contributed by atoms with Gasteiger partial charge in [0.2, 0.25) is 11.9 Å². The minimum Gasteiger partial charge on any atom is -0.453 e. The van der Waals surface area contributed by atoms with Crippen LogP contribution in [-0.4, -0.2) is 69.1 Å². The molecule has 2 aromatic heterocycles. The second-order valence-corrected chi connectivity index (χ2v) is 14.7. The van der Waals surface area contributed by atoms with Gasteiger partial charge in [0.05, 0.1) is 49.5 Å². The average molecular weight is 683 g/mol. The first-order chi connectivity index (χ1) is 24.7. The van der Waals surface area contributed by atoms with Crippen LogP contribution < -0.4 is 10.6 Å². The summed E-state index contributed by atoms with van der Waals surface area (Å²) in [6.45, 7) is 12.5. The van der Waals surface area contributed by atoms with E-state index in [4.69, 9.17) is 16.3 Å². The van der Waals surface area contributed by atoms with Crippen LogP contribution in [0.4, 0.5) is 4.79 Å². The third-order valence-corrected chi connectivity index (χ3v) is 10.9. The number of likely N-dealkylation sites (tertiary alicyclic amines) is 1. The predicted molar refractivity (Wildman–Crippen MR) is 195 cm³/mol. The Bertz CT molecular complexity index is 2140. The number of amides is 2. The number of carbonyl (C=O) groups excluding carboxylic acids is 2. The first-order valence-corrected chi connectivity index (χ1v) is 17.7. The third-order valence-electron chi connectivity index (χ3n) is 10.9. The molecule has 0 radical (unpaired) electrons. The van der Waals surface area contributed by atoms with E-state index < -0.39 is 12.1 Å². The SMILES string of the molecule is [C-]#[N+][C@@H]1CN[C@H](c2ncc(-c3ccc(-c4ccc5cc(-c6cnc([C@@H]7CC8(CC8)CN7C(=O)[C@@H](NC(=O)OC)C(C)C)[nH]6)ccc5c4)cc3)[nH]2)C1. The highest BCUT2D eigenvalue weighted by molar-refractivity contribution is 5.91. The molecule has 11 nitrogen and oxygen atoms in total. The number of hydrogen-bond donors (Lipinski definition) is 4. The molecule has 3 aromatic carbocycles. The Kier molecular flexibility index (Phi) is 8.35. The van der Waals surface area contributed by atoms with E-state index in [1.165, 1.54) is 7.11 Å². The number of methoxy groups -OCH3 is 1. The highest BCUT2D eigenvalue weighted by atomic mass is 16.5. The summed E-state index contributed by atoms with van der Waals surface area (Å²) in [6, 6.07) is 20.7. The number of carbonyl (C=O) groups is 2. The molecule has 1 aliphatic carbocycles. The van der Waals surface area contributed by atoms with Crippen LogP contribution in [0.25, 0.3) is 49.3 Å². The van der Waals surface area contributed by atoms with Crippen molar-refractivity contribution in [2.45, 2.75) is 63.7 Å². The zero-order valence-corrected chi connectivity index (χ0v) is 29.1. The summed E-state index contributed by atoms with van der Waals surface area (Å²) in [4.78, 5) is 47.9. The lowest BCUT2D eigenvalue weighted by Crippen LogP contribution is -2.51. The van der Waals surface area contributed by atoms with Crippen molar-refractivity contribution in [2.24, 2.45) is 11.3 Å². The lowest BCUT2D eigenvalue weighted by molar-refractivity contribution is -0.135. The summed E-state index contributed by atoms with van der Waals surface area (Å²) in [5, 5.41) is 8.41. The molecular formula is C40H42N8O3. The van der Waals surface area contributed by atoms with E-state index in [0.717, 1.165) is 81.7 Å². The first-order valence-electron chi connectivity index (χ1n) is 17.7.